The lowest BCUT2D eigenvalue weighted by Crippen LogP contribution is -1.84. The van der Waals surface area contributed by atoms with Gasteiger partial charge in [0.05, 0.1) is 0 Å². The molecule has 0 amide bonds. The standard InChI is InChI=1S/C9H5FN2OS/c10-7-3-1-2-6(4-7)9-8(5-13)14-12-11-9/h1-5H. The van der Waals surface area contributed by atoms with E-state index < -0.39 is 0 Å². The molecule has 5 heteroatoms. The summed E-state index contributed by atoms with van der Waals surface area (Å²) in [6.45, 7) is 0. The second-order valence-corrected chi connectivity index (χ2v) is 3.40. The summed E-state index contributed by atoms with van der Waals surface area (Å²) in [6.07, 6.45) is 0.672. The number of carbonyl (C=O) groups is 1. The van der Waals surface area contributed by atoms with Crippen LogP contribution < -0.4 is 0 Å². The van der Waals surface area contributed by atoms with Crippen molar-refractivity contribution in [2.24, 2.45) is 0 Å². The van der Waals surface area contributed by atoms with Crippen molar-refractivity contribution < 1.29 is 9.18 Å². The quantitative estimate of drug-likeness (QED) is 0.710. The van der Waals surface area contributed by atoms with Crippen LogP contribution in [0.5, 0.6) is 0 Å². The fourth-order valence-electron chi connectivity index (χ4n) is 1.11. The van der Waals surface area contributed by atoms with Crippen molar-refractivity contribution >= 4 is 17.8 Å². The number of aldehydes is 1. The van der Waals surface area contributed by atoms with Crippen LogP contribution in [0.4, 0.5) is 4.39 Å². The molecule has 0 spiro atoms. The van der Waals surface area contributed by atoms with Crippen molar-refractivity contribution in [3.05, 3.63) is 35.0 Å². The molecule has 0 aliphatic carbocycles. The van der Waals surface area contributed by atoms with Gasteiger partial charge in [-0.2, -0.15) is 0 Å². The van der Waals surface area contributed by atoms with Crippen LogP contribution in [-0.2, 0) is 0 Å². The van der Waals surface area contributed by atoms with E-state index in [0.29, 0.717) is 22.4 Å². The molecule has 70 valence electrons. The first-order chi connectivity index (χ1) is 6.81. The fraction of sp³-hybridized carbons (Fsp3) is 0. The van der Waals surface area contributed by atoms with Gasteiger partial charge in [0.15, 0.2) is 6.29 Å². The van der Waals surface area contributed by atoms with E-state index in [1.807, 2.05) is 0 Å². The number of nitrogens with zero attached hydrogens (tertiary/aromatic N) is 2. The molecule has 0 saturated heterocycles. The second-order valence-electron chi connectivity index (χ2n) is 2.61. The zero-order valence-corrected chi connectivity index (χ0v) is 7.79. The lowest BCUT2D eigenvalue weighted by molar-refractivity contribution is 0.112. The minimum absolute atomic E-state index is 0.354. The van der Waals surface area contributed by atoms with Crippen molar-refractivity contribution in [1.29, 1.82) is 0 Å². The predicted molar refractivity (Wildman–Crippen MR) is 50.7 cm³/mol. The summed E-state index contributed by atoms with van der Waals surface area (Å²) >= 11 is 0.999. The van der Waals surface area contributed by atoms with Crippen LogP contribution in [0.15, 0.2) is 24.3 Å². The zero-order chi connectivity index (χ0) is 9.97. The van der Waals surface area contributed by atoms with Gasteiger partial charge in [0, 0.05) is 5.56 Å². The Morgan fingerprint density at radius 3 is 3.00 bits per heavy atom. The van der Waals surface area contributed by atoms with Crippen LogP contribution in [0.1, 0.15) is 9.67 Å². The van der Waals surface area contributed by atoms with Crippen LogP contribution >= 0.6 is 11.5 Å². The topological polar surface area (TPSA) is 42.9 Å². The van der Waals surface area contributed by atoms with Gasteiger partial charge in [-0.1, -0.05) is 16.6 Å². The molecule has 0 bridgehead atoms. The van der Waals surface area contributed by atoms with E-state index in [1.165, 1.54) is 12.1 Å². The molecule has 0 aliphatic heterocycles. The van der Waals surface area contributed by atoms with Crippen molar-refractivity contribution in [2.45, 2.75) is 0 Å². The van der Waals surface area contributed by atoms with E-state index in [-0.39, 0.29) is 5.82 Å². The third-order valence-corrected chi connectivity index (χ3v) is 2.37. The highest BCUT2D eigenvalue weighted by atomic mass is 32.1. The Labute approximate surface area is 83.4 Å². The first kappa shape index (κ1) is 8.96. The molecule has 1 aromatic heterocycles. The second kappa shape index (κ2) is 3.63. The monoisotopic (exact) mass is 208 g/mol. The fourth-order valence-corrected chi connectivity index (χ4v) is 1.61. The maximum atomic E-state index is 12.9. The number of halogens is 1. The predicted octanol–water partition coefficient (Wildman–Crippen LogP) is 2.16. The molecular weight excluding hydrogens is 203 g/mol. The van der Waals surface area contributed by atoms with E-state index in [4.69, 9.17) is 0 Å². The van der Waals surface area contributed by atoms with Gasteiger partial charge in [-0.3, -0.25) is 4.79 Å². The Bertz CT molecular complexity index is 469. The first-order valence-electron chi connectivity index (χ1n) is 3.85. The molecule has 3 nitrogen and oxygen atoms in total. The summed E-state index contributed by atoms with van der Waals surface area (Å²) in [5.41, 5.74) is 1.00. The van der Waals surface area contributed by atoms with Crippen molar-refractivity contribution in [3.63, 3.8) is 0 Å². The van der Waals surface area contributed by atoms with Crippen molar-refractivity contribution in [3.8, 4) is 11.3 Å². The molecular formula is C9H5FN2OS. The zero-order valence-electron chi connectivity index (χ0n) is 6.98. The summed E-state index contributed by atoms with van der Waals surface area (Å²) in [4.78, 5) is 11.0. The number of carbonyl (C=O) groups excluding carboxylic acids is 1. The molecule has 0 N–H and O–H groups in total. The van der Waals surface area contributed by atoms with Gasteiger partial charge < -0.3 is 0 Å². The Balaban J connectivity index is 2.54. The Hall–Kier alpha value is -1.62. The van der Waals surface area contributed by atoms with E-state index in [2.05, 4.69) is 9.59 Å². The Morgan fingerprint density at radius 2 is 2.29 bits per heavy atom. The third kappa shape index (κ3) is 1.54. The maximum Gasteiger partial charge on any atom is 0.163 e. The highest BCUT2D eigenvalue weighted by Gasteiger charge is 2.09. The Kier molecular flexibility index (Phi) is 2.32. The molecule has 1 aromatic carbocycles. The lowest BCUT2D eigenvalue weighted by Gasteiger charge is -1.95. The van der Waals surface area contributed by atoms with Crippen LogP contribution in [0.25, 0.3) is 11.3 Å². The highest BCUT2D eigenvalue weighted by Crippen LogP contribution is 2.22. The number of hydrogen-bond acceptors (Lipinski definition) is 4. The van der Waals surface area contributed by atoms with Gasteiger partial charge in [-0.15, -0.1) is 5.10 Å². The van der Waals surface area contributed by atoms with E-state index in [9.17, 15) is 9.18 Å². The van der Waals surface area contributed by atoms with Gasteiger partial charge in [-0.25, -0.2) is 4.39 Å². The Morgan fingerprint density at radius 1 is 1.43 bits per heavy atom. The van der Waals surface area contributed by atoms with Gasteiger partial charge in [0.25, 0.3) is 0 Å². The third-order valence-electron chi connectivity index (χ3n) is 1.72. The van der Waals surface area contributed by atoms with Gasteiger partial charge in [0.2, 0.25) is 0 Å². The van der Waals surface area contributed by atoms with E-state index in [1.54, 1.807) is 12.1 Å². The van der Waals surface area contributed by atoms with Crippen LogP contribution in [-0.4, -0.2) is 15.9 Å². The normalized spacial score (nSPS) is 10.1. The van der Waals surface area contributed by atoms with Crippen LogP contribution in [0.2, 0.25) is 0 Å². The number of hydrogen-bond donors (Lipinski definition) is 0. The minimum Gasteiger partial charge on any atom is -0.297 e. The first-order valence-corrected chi connectivity index (χ1v) is 4.62. The van der Waals surface area contributed by atoms with Gasteiger partial charge in [-0.05, 0) is 23.7 Å². The van der Waals surface area contributed by atoms with Gasteiger partial charge >= 0.3 is 0 Å². The summed E-state index contributed by atoms with van der Waals surface area (Å²) in [7, 11) is 0. The molecule has 0 atom stereocenters. The van der Waals surface area contributed by atoms with Gasteiger partial charge in [0.1, 0.15) is 16.4 Å². The lowest BCUT2D eigenvalue weighted by atomic mass is 10.1. The summed E-state index contributed by atoms with van der Waals surface area (Å²) in [5.74, 6) is -0.354. The molecule has 14 heavy (non-hydrogen) atoms. The van der Waals surface area contributed by atoms with E-state index >= 15 is 0 Å². The number of aromatic nitrogens is 2. The smallest absolute Gasteiger partial charge is 0.163 e. The van der Waals surface area contributed by atoms with Crippen molar-refractivity contribution in [1.82, 2.24) is 9.59 Å². The maximum absolute atomic E-state index is 12.9. The minimum atomic E-state index is -0.354. The molecule has 0 fully saturated rings. The highest BCUT2D eigenvalue weighted by molar-refractivity contribution is 7.07. The average molecular weight is 208 g/mol. The summed E-state index contributed by atoms with van der Waals surface area (Å²) < 4.78 is 16.5. The average Bonchev–Trinajstić information content (AvgIpc) is 2.65. The van der Waals surface area contributed by atoms with Crippen molar-refractivity contribution in [2.75, 3.05) is 0 Å². The van der Waals surface area contributed by atoms with Crippen LogP contribution in [0, 0.1) is 5.82 Å². The molecule has 2 rings (SSSR count). The summed E-state index contributed by atoms with van der Waals surface area (Å²) in [5, 5.41) is 3.77. The van der Waals surface area contributed by atoms with Crippen LogP contribution in [0.3, 0.4) is 0 Å². The molecule has 2 aromatic rings. The van der Waals surface area contributed by atoms with E-state index in [0.717, 1.165) is 11.5 Å². The molecule has 0 unspecified atom stereocenters. The molecule has 0 radical (unpaired) electrons. The molecule has 0 saturated carbocycles. The number of rotatable bonds is 2. The summed E-state index contributed by atoms with van der Waals surface area (Å²) in [6, 6.07) is 5.92. The molecule has 0 aliphatic rings. The SMILES string of the molecule is O=Cc1snnc1-c1cccc(F)c1. The largest absolute Gasteiger partial charge is 0.297 e. The number of benzene rings is 1. The molecule has 1 heterocycles.